The van der Waals surface area contributed by atoms with Gasteiger partial charge in [0.2, 0.25) is 0 Å². The maximum Gasteiger partial charge on any atom is 0.403 e. The third-order valence-electron chi connectivity index (χ3n) is 3.24. The largest absolute Gasteiger partial charge is 0.403 e. The molecule has 0 saturated carbocycles. The van der Waals surface area contributed by atoms with Crippen molar-refractivity contribution in [3.8, 4) is 0 Å². The molecular weight excluding hydrogens is 271 g/mol. The van der Waals surface area contributed by atoms with Crippen molar-refractivity contribution in [1.29, 1.82) is 0 Å². The number of hydrogen-bond donors (Lipinski definition) is 1. The highest BCUT2D eigenvalue weighted by Gasteiger charge is 2.35. The van der Waals surface area contributed by atoms with Crippen LogP contribution < -0.4 is 5.32 Å². The van der Waals surface area contributed by atoms with Crippen LogP contribution in [0.15, 0.2) is 0 Å². The lowest BCUT2D eigenvalue weighted by atomic mass is 10.0. The Bertz CT molecular complexity index is 225. The van der Waals surface area contributed by atoms with Crippen LogP contribution in [0.5, 0.6) is 0 Å². The molecule has 20 heavy (non-hydrogen) atoms. The van der Waals surface area contributed by atoms with E-state index in [9.17, 15) is 13.2 Å². The van der Waals surface area contributed by atoms with E-state index in [1.165, 1.54) is 6.42 Å². The fourth-order valence-corrected chi connectivity index (χ4v) is 1.52. The second-order valence-corrected chi connectivity index (χ2v) is 5.10. The van der Waals surface area contributed by atoms with Crippen LogP contribution in [0.1, 0.15) is 40.0 Å². The minimum Gasteiger partial charge on any atom is -0.379 e. The lowest BCUT2D eigenvalue weighted by Crippen LogP contribution is -2.41. The van der Waals surface area contributed by atoms with Crippen LogP contribution in [0, 0.1) is 5.92 Å². The first-order valence-electron chi connectivity index (χ1n) is 7.33. The molecule has 0 spiro atoms. The van der Waals surface area contributed by atoms with E-state index in [2.05, 4.69) is 19.2 Å². The summed E-state index contributed by atoms with van der Waals surface area (Å²) in [6.07, 6.45) is -0.804. The molecule has 0 aliphatic heterocycles. The molecule has 122 valence electrons. The molecule has 0 aliphatic carbocycles. The van der Waals surface area contributed by atoms with Gasteiger partial charge in [0.25, 0.3) is 0 Å². The molecule has 0 saturated heterocycles. The van der Waals surface area contributed by atoms with E-state index in [0.29, 0.717) is 13.2 Å². The topological polar surface area (TPSA) is 30.5 Å². The molecule has 2 unspecified atom stereocenters. The average Bonchev–Trinajstić information content (AvgIpc) is 2.39. The van der Waals surface area contributed by atoms with Crippen molar-refractivity contribution in [3.63, 3.8) is 0 Å². The van der Waals surface area contributed by atoms with Gasteiger partial charge in [-0.25, -0.2) is 0 Å². The third kappa shape index (κ3) is 11.5. The highest BCUT2D eigenvalue weighted by Crippen LogP contribution is 2.19. The normalized spacial score (nSPS) is 15.3. The highest BCUT2D eigenvalue weighted by atomic mass is 19.4. The van der Waals surface area contributed by atoms with Gasteiger partial charge in [0.05, 0.1) is 19.8 Å². The van der Waals surface area contributed by atoms with E-state index < -0.39 is 12.2 Å². The summed E-state index contributed by atoms with van der Waals surface area (Å²) in [5, 5.41) is 2.36. The summed E-state index contributed by atoms with van der Waals surface area (Å²) in [4.78, 5) is 0. The van der Waals surface area contributed by atoms with Crippen LogP contribution in [0.25, 0.3) is 0 Å². The Morgan fingerprint density at radius 2 is 1.60 bits per heavy atom. The minimum atomic E-state index is -4.20. The molecular formula is C14H28F3NO2. The van der Waals surface area contributed by atoms with E-state index >= 15 is 0 Å². The van der Waals surface area contributed by atoms with E-state index in [1.807, 2.05) is 0 Å². The zero-order valence-electron chi connectivity index (χ0n) is 12.8. The van der Waals surface area contributed by atoms with Gasteiger partial charge in [-0.2, -0.15) is 13.2 Å². The van der Waals surface area contributed by atoms with Crippen molar-refractivity contribution in [2.75, 3.05) is 33.0 Å². The first-order chi connectivity index (χ1) is 9.38. The summed E-state index contributed by atoms with van der Waals surface area (Å²) in [6.45, 7) is 7.58. The van der Waals surface area contributed by atoms with Crippen LogP contribution in [0.3, 0.4) is 0 Å². The lowest BCUT2D eigenvalue weighted by molar-refractivity contribution is -0.151. The van der Waals surface area contributed by atoms with Gasteiger partial charge >= 0.3 is 6.18 Å². The molecule has 0 radical (unpaired) electrons. The number of nitrogens with one attached hydrogen (secondary N) is 1. The van der Waals surface area contributed by atoms with Gasteiger partial charge in [-0.1, -0.05) is 20.3 Å². The maximum absolute atomic E-state index is 12.2. The molecule has 0 amide bonds. The molecule has 0 aromatic heterocycles. The Balaban J connectivity index is 3.21. The smallest absolute Gasteiger partial charge is 0.379 e. The van der Waals surface area contributed by atoms with E-state index in [0.717, 1.165) is 32.3 Å². The Morgan fingerprint density at radius 1 is 1.00 bits per heavy atom. The van der Waals surface area contributed by atoms with Crippen LogP contribution in [0.4, 0.5) is 13.2 Å². The number of halogens is 3. The van der Waals surface area contributed by atoms with E-state index in [1.54, 1.807) is 0 Å². The molecule has 0 aliphatic rings. The van der Waals surface area contributed by atoms with Gasteiger partial charge in [0.1, 0.15) is 6.04 Å². The molecule has 0 aromatic carbocycles. The number of alkyl halides is 3. The van der Waals surface area contributed by atoms with Crippen molar-refractivity contribution in [2.24, 2.45) is 5.92 Å². The standard InChI is InChI=1S/C14H28F3NO2/c1-4-12(2)6-5-8-19-10-11-20-9-7-18-13(3)14(15,16)17/h12-13,18H,4-11H2,1-3H3. The summed E-state index contributed by atoms with van der Waals surface area (Å²) in [5.74, 6) is 0.733. The summed E-state index contributed by atoms with van der Waals surface area (Å²) in [5.41, 5.74) is 0. The SMILES string of the molecule is CCC(C)CCCOCCOCCNC(C)C(F)(F)F. The minimum absolute atomic E-state index is 0.189. The molecule has 0 fully saturated rings. The molecule has 2 atom stereocenters. The van der Waals surface area contributed by atoms with Crippen LogP contribution in [-0.4, -0.2) is 45.2 Å². The van der Waals surface area contributed by atoms with Crippen molar-refractivity contribution in [2.45, 2.75) is 52.3 Å². The summed E-state index contributed by atoms with van der Waals surface area (Å²) in [6, 6.07) is -1.50. The van der Waals surface area contributed by atoms with Gasteiger partial charge < -0.3 is 14.8 Å². The first kappa shape index (κ1) is 19.7. The van der Waals surface area contributed by atoms with Crippen LogP contribution >= 0.6 is 0 Å². The Labute approximate surface area is 120 Å². The molecule has 0 bridgehead atoms. The quantitative estimate of drug-likeness (QED) is 0.560. The summed E-state index contributed by atoms with van der Waals surface area (Å²) in [7, 11) is 0. The molecule has 3 nitrogen and oxygen atoms in total. The number of rotatable bonds is 12. The average molecular weight is 299 g/mol. The molecule has 1 N–H and O–H groups in total. The molecule has 0 heterocycles. The van der Waals surface area contributed by atoms with Crippen molar-refractivity contribution in [3.05, 3.63) is 0 Å². The van der Waals surface area contributed by atoms with Gasteiger partial charge in [0, 0.05) is 13.2 Å². The number of hydrogen-bond acceptors (Lipinski definition) is 3. The fourth-order valence-electron chi connectivity index (χ4n) is 1.52. The van der Waals surface area contributed by atoms with E-state index in [4.69, 9.17) is 9.47 Å². The predicted molar refractivity (Wildman–Crippen MR) is 73.8 cm³/mol. The zero-order chi connectivity index (χ0) is 15.4. The van der Waals surface area contributed by atoms with E-state index in [-0.39, 0.29) is 13.2 Å². The van der Waals surface area contributed by atoms with Crippen molar-refractivity contribution >= 4 is 0 Å². The summed E-state index contributed by atoms with van der Waals surface area (Å²) >= 11 is 0. The number of ether oxygens (including phenoxy) is 2. The molecule has 6 heteroatoms. The second-order valence-electron chi connectivity index (χ2n) is 5.10. The van der Waals surface area contributed by atoms with Gasteiger partial charge in [-0.15, -0.1) is 0 Å². The predicted octanol–water partition coefficient (Wildman–Crippen LogP) is 3.39. The van der Waals surface area contributed by atoms with Gasteiger partial charge in [-0.05, 0) is 25.7 Å². The van der Waals surface area contributed by atoms with Crippen LogP contribution in [0.2, 0.25) is 0 Å². The highest BCUT2D eigenvalue weighted by molar-refractivity contribution is 4.68. The van der Waals surface area contributed by atoms with Gasteiger partial charge in [-0.3, -0.25) is 0 Å². The molecule has 0 aromatic rings. The van der Waals surface area contributed by atoms with Crippen molar-refractivity contribution < 1.29 is 22.6 Å². The Hall–Kier alpha value is -0.330. The Morgan fingerprint density at radius 3 is 2.15 bits per heavy atom. The second kappa shape index (κ2) is 11.3. The monoisotopic (exact) mass is 299 g/mol. The third-order valence-corrected chi connectivity index (χ3v) is 3.24. The van der Waals surface area contributed by atoms with Gasteiger partial charge in [0.15, 0.2) is 0 Å². The first-order valence-corrected chi connectivity index (χ1v) is 7.33. The molecule has 0 rings (SSSR count). The van der Waals surface area contributed by atoms with Crippen molar-refractivity contribution in [1.82, 2.24) is 5.32 Å². The van der Waals surface area contributed by atoms with Crippen LogP contribution in [-0.2, 0) is 9.47 Å². The fraction of sp³-hybridized carbons (Fsp3) is 1.00. The lowest BCUT2D eigenvalue weighted by Gasteiger charge is -2.17. The summed E-state index contributed by atoms with van der Waals surface area (Å²) < 4.78 is 47.0. The Kier molecular flexibility index (Phi) is 11.2. The zero-order valence-corrected chi connectivity index (χ0v) is 12.8. The maximum atomic E-state index is 12.2.